The Morgan fingerprint density at radius 3 is 2.24 bits per heavy atom. The molecule has 0 aliphatic carbocycles. The van der Waals surface area contributed by atoms with E-state index in [9.17, 15) is 9.59 Å². The zero-order valence-corrected chi connectivity index (χ0v) is 10.2. The van der Waals surface area contributed by atoms with Crippen LogP contribution < -0.4 is 5.32 Å². The number of carbonyl (C=O) groups excluding carboxylic acids is 2. The number of rotatable bonds is 3. The van der Waals surface area contributed by atoms with Gasteiger partial charge in [0.25, 0.3) is 0 Å². The molecule has 0 fully saturated rings. The highest BCUT2D eigenvalue weighted by atomic mass is 16.2. The molecule has 0 unspecified atom stereocenters. The van der Waals surface area contributed by atoms with Crippen LogP contribution in [0.4, 0.5) is 0 Å². The van der Waals surface area contributed by atoms with Gasteiger partial charge in [0.2, 0.25) is 11.8 Å². The van der Waals surface area contributed by atoms with Crippen LogP contribution in [0.25, 0.3) is 5.70 Å². The van der Waals surface area contributed by atoms with E-state index in [2.05, 4.69) is 5.32 Å². The van der Waals surface area contributed by atoms with Crippen molar-refractivity contribution in [2.24, 2.45) is 0 Å². The zero-order valence-electron chi connectivity index (χ0n) is 10.2. The van der Waals surface area contributed by atoms with Gasteiger partial charge in [-0.3, -0.25) is 9.59 Å². The molecule has 90 valence electrons. The molecule has 0 aromatic heterocycles. The fraction of sp³-hybridized carbons (Fsp3) is 0.231. The second-order valence-corrected chi connectivity index (χ2v) is 3.84. The van der Waals surface area contributed by atoms with E-state index >= 15 is 0 Å². The first-order valence-corrected chi connectivity index (χ1v) is 5.26. The second-order valence-electron chi connectivity index (χ2n) is 3.84. The summed E-state index contributed by atoms with van der Waals surface area (Å²) in [5.41, 5.74) is 1.31. The van der Waals surface area contributed by atoms with E-state index in [0.29, 0.717) is 5.70 Å². The Morgan fingerprint density at radius 2 is 1.76 bits per heavy atom. The quantitative estimate of drug-likeness (QED) is 0.797. The molecule has 4 nitrogen and oxygen atoms in total. The van der Waals surface area contributed by atoms with Gasteiger partial charge in [-0.05, 0) is 5.56 Å². The van der Waals surface area contributed by atoms with Crippen molar-refractivity contribution in [1.82, 2.24) is 10.2 Å². The lowest BCUT2D eigenvalue weighted by Gasteiger charge is -2.11. The third-order valence-corrected chi connectivity index (χ3v) is 2.10. The molecule has 1 aromatic carbocycles. The fourth-order valence-electron chi connectivity index (χ4n) is 1.25. The minimum atomic E-state index is -0.202. The molecule has 0 spiro atoms. The van der Waals surface area contributed by atoms with Crippen LogP contribution in [0.15, 0.2) is 36.4 Å². The summed E-state index contributed by atoms with van der Waals surface area (Å²) in [5.74, 6) is -0.371. The van der Waals surface area contributed by atoms with Crippen molar-refractivity contribution in [3.8, 4) is 0 Å². The largest absolute Gasteiger partial charge is 0.345 e. The molecule has 17 heavy (non-hydrogen) atoms. The highest BCUT2D eigenvalue weighted by Crippen LogP contribution is 2.11. The number of carbonyl (C=O) groups is 2. The van der Waals surface area contributed by atoms with Gasteiger partial charge in [0.1, 0.15) is 0 Å². The predicted molar refractivity (Wildman–Crippen MR) is 66.9 cm³/mol. The van der Waals surface area contributed by atoms with Gasteiger partial charge in [0, 0.05) is 27.1 Å². The molecule has 1 rings (SSSR count). The molecule has 0 atom stereocenters. The average Bonchev–Trinajstić information content (AvgIpc) is 2.28. The third-order valence-electron chi connectivity index (χ3n) is 2.10. The van der Waals surface area contributed by atoms with Gasteiger partial charge in [-0.15, -0.1) is 0 Å². The highest BCUT2D eigenvalue weighted by Gasteiger charge is 2.07. The summed E-state index contributed by atoms with van der Waals surface area (Å²) in [7, 11) is 3.32. The Hall–Kier alpha value is -2.10. The normalized spacial score (nSPS) is 10.9. The lowest BCUT2D eigenvalue weighted by atomic mass is 10.1. The van der Waals surface area contributed by atoms with Crippen LogP contribution in [0, 0.1) is 0 Å². The molecule has 4 heteroatoms. The summed E-state index contributed by atoms with van der Waals surface area (Å²) < 4.78 is 0. The van der Waals surface area contributed by atoms with Gasteiger partial charge in [0.05, 0.1) is 5.70 Å². The SMILES string of the molecule is CC(=O)N/C(=C\C(=O)N(C)C)c1ccccc1. The highest BCUT2D eigenvalue weighted by molar-refractivity contribution is 5.97. The van der Waals surface area contributed by atoms with E-state index in [4.69, 9.17) is 0 Å². The van der Waals surface area contributed by atoms with Gasteiger partial charge < -0.3 is 10.2 Å². The van der Waals surface area contributed by atoms with Gasteiger partial charge in [-0.1, -0.05) is 30.3 Å². The van der Waals surface area contributed by atoms with Crippen molar-refractivity contribution in [2.45, 2.75) is 6.92 Å². The van der Waals surface area contributed by atoms with Crippen molar-refractivity contribution < 1.29 is 9.59 Å². The lowest BCUT2D eigenvalue weighted by Crippen LogP contribution is -2.23. The summed E-state index contributed by atoms with van der Waals surface area (Å²) in [5, 5.41) is 2.66. The van der Waals surface area contributed by atoms with E-state index in [0.717, 1.165) is 5.56 Å². The maximum Gasteiger partial charge on any atom is 0.248 e. The molecule has 0 aliphatic heterocycles. The molecule has 0 heterocycles. The predicted octanol–water partition coefficient (Wildman–Crippen LogP) is 1.25. The molecule has 1 N–H and O–H groups in total. The summed E-state index contributed by atoms with van der Waals surface area (Å²) in [6.07, 6.45) is 1.41. The number of benzene rings is 1. The summed E-state index contributed by atoms with van der Waals surface area (Å²) in [6.45, 7) is 1.41. The number of nitrogens with one attached hydrogen (secondary N) is 1. The fourth-order valence-corrected chi connectivity index (χ4v) is 1.25. The summed E-state index contributed by atoms with van der Waals surface area (Å²) in [4.78, 5) is 24.2. The first-order valence-electron chi connectivity index (χ1n) is 5.26. The minimum absolute atomic E-state index is 0.169. The van der Waals surface area contributed by atoms with Crippen LogP contribution in [-0.4, -0.2) is 30.8 Å². The molecular formula is C13H16N2O2. The number of hydrogen-bond acceptors (Lipinski definition) is 2. The maximum absolute atomic E-state index is 11.6. The van der Waals surface area contributed by atoms with Crippen molar-refractivity contribution in [1.29, 1.82) is 0 Å². The van der Waals surface area contributed by atoms with Crippen LogP contribution in [0.5, 0.6) is 0 Å². The van der Waals surface area contributed by atoms with E-state index in [1.54, 1.807) is 14.1 Å². The van der Waals surface area contributed by atoms with E-state index < -0.39 is 0 Å². The van der Waals surface area contributed by atoms with Crippen LogP contribution in [-0.2, 0) is 9.59 Å². The second kappa shape index (κ2) is 5.84. The Bertz CT molecular complexity index is 436. The number of hydrogen-bond donors (Lipinski definition) is 1. The molecule has 0 bridgehead atoms. The van der Waals surface area contributed by atoms with E-state index in [1.807, 2.05) is 30.3 Å². The minimum Gasteiger partial charge on any atom is -0.345 e. The molecule has 1 aromatic rings. The van der Waals surface area contributed by atoms with E-state index in [1.165, 1.54) is 17.9 Å². The first-order chi connectivity index (χ1) is 8.00. The van der Waals surface area contributed by atoms with Crippen molar-refractivity contribution in [2.75, 3.05) is 14.1 Å². The first kappa shape index (κ1) is 13.0. The zero-order chi connectivity index (χ0) is 12.8. The smallest absolute Gasteiger partial charge is 0.248 e. The Labute approximate surface area is 101 Å². The van der Waals surface area contributed by atoms with E-state index in [-0.39, 0.29) is 11.8 Å². The average molecular weight is 232 g/mol. The van der Waals surface area contributed by atoms with Gasteiger partial charge in [-0.2, -0.15) is 0 Å². The van der Waals surface area contributed by atoms with Crippen LogP contribution in [0.1, 0.15) is 12.5 Å². The molecule has 2 amide bonds. The van der Waals surface area contributed by atoms with Crippen molar-refractivity contribution >= 4 is 17.5 Å². The van der Waals surface area contributed by atoms with Crippen molar-refractivity contribution in [3.05, 3.63) is 42.0 Å². The Kier molecular flexibility index (Phi) is 4.46. The standard InChI is InChI=1S/C13H16N2O2/c1-10(16)14-12(9-13(17)15(2)3)11-7-5-4-6-8-11/h4-9H,1-3H3,(H,14,16)/b12-9-. The van der Waals surface area contributed by atoms with Gasteiger partial charge >= 0.3 is 0 Å². The van der Waals surface area contributed by atoms with Gasteiger partial charge in [0.15, 0.2) is 0 Å². The molecule has 0 aliphatic rings. The number of nitrogens with zero attached hydrogens (tertiary/aromatic N) is 1. The molecule has 0 saturated carbocycles. The number of likely N-dealkylation sites (N-methyl/N-ethyl adjacent to an activating group) is 1. The van der Waals surface area contributed by atoms with Crippen LogP contribution in [0.2, 0.25) is 0 Å². The van der Waals surface area contributed by atoms with Crippen LogP contribution in [0.3, 0.4) is 0 Å². The van der Waals surface area contributed by atoms with Crippen LogP contribution >= 0.6 is 0 Å². The monoisotopic (exact) mass is 232 g/mol. The topological polar surface area (TPSA) is 49.4 Å². The number of amides is 2. The van der Waals surface area contributed by atoms with Gasteiger partial charge in [-0.25, -0.2) is 0 Å². The summed E-state index contributed by atoms with van der Waals surface area (Å²) >= 11 is 0. The lowest BCUT2D eigenvalue weighted by molar-refractivity contribution is -0.123. The molecule has 0 saturated heterocycles. The summed E-state index contributed by atoms with van der Waals surface area (Å²) in [6, 6.07) is 9.26. The Balaban J connectivity index is 3.04. The third kappa shape index (κ3) is 4.10. The molecular weight excluding hydrogens is 216 g/mol. The molecule has 0 radical (unpaired) electrons. The maximum atomic E-state index is 11.6. The Morgan fingerprint density at radius 1 is 1.18 bits per heavy atom. The van der Waals surface area contributed by atoms with Crippen molar-refractivity contribution in [3.63, 3.8) is 0 Å².